The van der Waals surface area contributed by atoms with E-state index in [0.29, 0.717) is 51.7 Å². The summed E-state index contributed by atoms with van der Waals surface area (Å²) in [6, 6.07) is 0. The van der Waals surface area contributed by atoms with E-state index < -0.39 is 36.7 Å². The third-order valence-electron chi connectivity index (χ3n) is 5.90. The highest BCUT2D eigenvalue weighted by Crippen LogP contribution is 2.53. The first-order valence-corrected chi connectivity index (χ1v) is 8.52. The first kappa shape index (κ1) is 12.2. The topological polar surface area (TPSA) is 66.4 Å². The summed E-state index contributed by atoms with van der Waals surface area (Å²) >= 11 is 0. The van der Waals surface area contributed by atoms with Crippen molar-refractivity contribution in [3.63, 3.8) is 0 Å². The molecule has 23 heavy (non-hydrogen) atoms. The molecule has 2 saturated heterocycles. The molecule has 0 amide bonds. The Morgan fingerprint density at radius 1 is 0.957 bits per heavy atom. The molecule has 4 atom stereocenters. The Kier molecular flexibility index (Phi) is 3.30. The summed E-state index contributed by atoms with van der Waals surface area (Å²) in [5.41, 5.74) is 0. The minimum Gasteiger partial charge on any atom is -0.393 e. The van der Waals surface area contributed by atoms with Gasteiger partial charge in [-0.3, -0.25) is 0 Å². The first-order valence-electron chi connectivity index (χ1n) is 10.5. The predicted octanol–water partition coefficient (Wildman–Crippen LogP) is 1.45. The van der Waals surface area contributed by atoms with Crippen LogP contribution in [0.5, 0.6) is 0 Å². The maximum absolute atomic E-state index is 10.3. The molecule has 2 heterocycles. The zero-order valence-corrected chi connectivity index (χ0v) is 13.5. The number of methoxy groups -OCH3 is 1. The van der Waals surface area contributed by atoms with Gasteiger partial charge in [0.15, 0.2) is 11.6 Å². The van der Waals surface area contributed by atoms with Gasteiger partial charge < -0.3 is 28.8 Å². The van der Waals surface area contributed by atoms with Crippen molar-refractivity contribution < 1.29 is 34.3 Å². The van der Waals surface area contributed by atoms with Gasteiger partial charge in [0, 0.05) is 31.8 Å². The van der Waals surface area contributed by atoms with E-state index in [2.05, 4.69) is 0 Å². The highest BCUT2D eigenvalue weighted by molar-refractivity contribution is 5.01. The fraction of sp³-hybridized carbons (Fsp3) is 1.00. The van der Waals surface area contributed by atoms with Crippen LogP contribution in [0.3, 0.4) is 0 Å². The molecule has 0 radical (unpaired) electrons. The van der Waals surface area contributed by atoms with Crippen LogP contribution < -0.4 is 0 Å². The maximum atomic E-state index is 10.3. The summed E-state index contributed by atoms with van der Waals surface area (Å²) in [5.74, 6) is -3.06. The Hall–Kier alpha value is -0.240. The number of aliphatic hydroxyl groups excluding tert-OH is 1. The fourth-order valence-electron chi connectivity index (χ4n) is 4.75. The van der Waals surface area contributed by atoms with Gasteiger partial charge in [0.2, 0.25) is 0 Å². The Bertz CT molecular complexity index is 552. The standard InChI is InChI=1S/C17H28O6/c1-19-13-3-5-17(22-8-9-23-17)15(11-13)14-10-12(18)2-4-16(14)20-6-7-21-16/h12-15,18H,2-11H2,1H3/i8D2,9D2. The molecular formula is C17H28O6. The largest absolute Gasteiger partial charge is 0.393 e. The summed E-state index contributed by atoms with van der Waals surface area (Å²) in [4.78, 5) is 0. The number of ether oxygens (including phenoxy) is 5. The minimum atomic E-state index is -2.57. The Morgan fingerprint density at radius 3 is 2.26 bits per heavy atom. The average Bonchev–Trinajstić information content (AvgIpc) is 3.12. The summed E-state index contributed by atoms with van der Waals surface area (Å²) < 4.78 is 60.9. The van der Waals surface area contributed by atoms with Gasteiger partial charge in [-0.05, 0) is 25.7 Å². The smallest absolute Gasteiger partial charge is 0.171 e. The maximum Gasteiger partial charge on any atom is 0.171 e. The van der Waals surface area contributed by atoms with Crippen LogP contribution >= 0.6 is 0 Å². The molecule has 6 heteroatoms. The van der Waals surface area contributed by atoms with Gasteiger partial charge in [-0.15, -0.1) is 0 Å². The molecule has 2 spiro atoms. The minimum absolute atomic E-state index is 0.0808. The molecule has 0 aromatic heterocycles. The molecule has 1 N–H and O–H groups in total. The van der Waals surface area contributed by atoms with Crippen LogP contribution in [0, 0.1) is 11.8 Å². The van der Waals surface area contributed by atoms with E-state index >= 15 is 0 Å². The van der Waals surface area contributed by atoms with Crippen molar-refractivity contribution in [2.45, 2.75) is 62.3 Å². The average molecular weight is 332 g/mol. The number of hydrogen-bond acceptors (Lipinski definition) is 6. The second-order valence-corrected chi connectivity index (χ2v) is 7.00. The van der Waals surface area contributed by atoms with Crippen molar-refractivity contribution in [3.05, 3.63) is 0 Å². The second-order valence-electron chi connectivity index (χ2n) is 7.00. The Balaban J connectivity index is 1.71. The molecule has 2 saturated carbocycles. The zero-order valence-electron chi connectivity index (χ0n) is 17.5. The molecule has 4 fully saturated rings. The Labute approximate surface area is 143 Å². The van der Waals surface area contributed by atoms with E-state index in [1.165, 1.54) is 0 Å². The van der Waals surface area contributed by atoms with Crippen molar-refractivity contribution in [3.8, 4) is 0 Å². The first-order chi connectivity index (χ1) is 12.6. The highest BCUT2D eigenvalue weighted by atomic mass is 16.7. The van der Waals surface area contributed by atoms with Gasteiger partial charge in [0.25, 0.3) is 0 Å². The quantitative estimate of drug-likeness (QED) is 0.826. The van der Waals surface area contributed by atoms with Gasteiger partial charge in [-0.25, -0.2) is 0 Å². The van der Waals surface area contributed by atoms with E-state index in [4.69, 9.17) is 29.2 Å². The monoisotopic (exact) mass is 332 g/mol. The van der Waals surface area contributed by atoms with E-state index in [1.54, 1.807) is 7.11 Å². The van der Waals surface area contributed by atoms with Crippen molar-refractivity contribution in [1.82, 2.24) is 0 Å². The molecule has 0 bridgehead atoms. The van der Waals surface area contributed by atoms with E-state index in [0.717, 1.165) is 0 Å². The lowest BCUT2D eigenvalue weighted by molar-refractivity contribution is -0.297. The van der Waals surface area contributed by atoms with Crippen molar-refractivity contribution in [1.29, 1.82) is 0 Å². The lowest BCUT2D eigenvalue weighted by Gasteiger charge is -2.52. The molecule has 2 aliphatic heterocycles. The van der Waals surface area contributed by atoms with Crippen LogP contribution in [-0.4, -0.2) is 62.3 Å². The molecule has 2 aliphatic carbocycles. The van der Waals surface area contributed by atoms with Gasteiger partial charge >= 0.3 is 0 Å². The molecule has 4 aliphatic rings. The van der Waals surface area contributed by atoms with Crippen LogP contribution in [0.1, 0.15) is 44.0 Å². The normalized spacial score (nSPS) is 49.5. The summed E-state index contributed by atoms with van der Waals surface area (Å²) in [5, 5.41) is 10.3. The van der Waals surface area contributed by atoms with Crippen molar-refractivity contribution >= 4 is 0 Å². The summed E-state index contributed by atoms with van der Waals surface area (Å²) in [7, 11) is 1.63. The van der Waals surface area contributed by atoms with Gasteiger partial charge in [0.1, 0.15) is 0 Å². The fourth-order valence-corrected chi connectivity index (χ4v) is 4.75. The Morgan fingerprint density at radius 2 is 1.57 bits per heavy atom. The lowest BCUT2D eigenvalue weighted by Crippen LogP contribution is -2.57. The van der Waals surface area contributed by atoms with E-state index in [9.17, 15) is 5.11 Å². The summed E-state index contributed by atoms with van der Waals surface area (Å²) in [6.45, 7) is -4.21. The summed E-state index contributed by atoms with van der Waals surface area (Å²) in [6.07, 6.45) is 2.26. The van der Waals surface area contributed by atoms with Crippen LogP contribution in [-0.2, 0) is 23.7 Å². The molecule has 0 aromatic carbocycles. The van der Waals surface area contributed by atoms with Gasteiger partial charge in [-0.1, -0.05) is 0 Å². The van der Waals surface area contributed by atoms with E-state index in [1.807, 2.05) is 0 Å². The predicted molar refractivity (Wildman–Crippen MR) is 80.8 cm³/mol. The second kappa shape index (κ2) is 6.24. The lowest BCUT2D eigenvalue weighted by atomic mass is 9.66. The van der Waals surface area contributed by atoms with Crippen LogP contribution in [0.4, 0.5) is 0 Å². The molecular weight excluding hydrogens is 300 g/mol. The van der Waals surface area contributed by atoms with Crippen molar-refractivity contribution in [2.24, 2.45) is 11.8 Å². The number of hydrogen-bond donors (Lipinski definition) is 1. The molecule has 4 rings (SSSR count). The number of rotatable bonds is 2. The third-order valence-corrected chi connectivity index (χ3v) is 5.90. The van der Waals surface area contributed by atoms with E-state index in [-0.39, 0.29) is 12.0 Å². The third kappa shape index (κ3) is 2.73. The van der Waals surface area contributed by atoms with Crippen LogP contribution in [0.25, 0.3) is 0 Å². The van der Waals surface area contributed by atoms with Crippen molar-refractivity contribution in [2.75, 3.05) is 33.4 Å². The highest BCUT2D eigenvalue weighted by Gasteiger charge is 2.59. The zero-order chi connectivity index (χ0) is 19.5. The van der Waals surface area contributed by atoms with Crippen LogP contribution in [0.2, 0.25) is 0 Å². The molecule has 6 nitrogen and oxygen atoms in total. The van der Waals surface area contributed by atoms with Gasteiger partial charge in [0.05, 0.1) is 44.0 Å². The number of aliphatic hydroxyl groups is 1. The van der Waals surface area contributed by atoms with Crippen LogP contribution in [0.15, 0.2) is 0 Å². The molecule has 4 unspecified atom stereocenters. The SMILES string of the molecule is [2H]C1([2H])OC2(CCC(OC)CC2C2CC(O)CCC23OCCO3)OC1([2H])[2H]. The molecule has 0 aromatic rings. The molecule has 132 valence electrons. The van der Waals surface area contributed by atoms with Gasteiger partial charge in [-0.2, -0.15) is 0 Å².